The summed E-state index contributed by atoms with van der Waals surface area (Å²) < 4.78 is 9.95. The molecule has 0 aromatic heterocycles. The monoisotopic (exact) mass is 328 g/mol. The molecule has 2 bridgehead atoms. The molecule has 0 unspecified atom stereocenters. The molecular weight excluding hydrogens is 308 g/mol. The van der Waals surface area contributed by atoms with Crippen LogP contribution in [0.1, 0.15) is 23.2 Å². The Labute approximate surface area is 140 Å². The largest absolute Gasteiger partial charge is 0.469 e. The van der Waals surface area contributed by atoms with Crippen molar-refractivity contribution in [1.29, 1.82) is 0 Å². The third-order valence-electron chi connectivity index (χ3n) is 5.33. The first kappa shape index (κ1) is 16.4. The molecule has 126 valence electrons. The van der Waals surface area contributed by atoms with Gasteiger partial charge in [0.1, 0.15) is 0 Å². The smallest absolute Gasteiger partial charge is 0.313 e. The van der Waals surface area contributed by atoms with E-state index in [2.05, 4.69) is 0 Å². The van der Waals surface area contributed by atoms with Crippen LogP contribution in [0.15, 0.2) is 42.5 Å². The van der Waals surface area contributed by atoms with Crippen LogP contribution in [0, 0.1) is 23.2 Å². The van der Waals surface area contributed by atoms with Gasteiger partial charge in [-0.15, -0.1) is 0 Å². The number of methoxy groups -OCH3 is 2. The fourth-order valence-electron chi connectivity index (χ4n) is 4.25. The number of Topliss-reactive ketones (excluding diaryl/α,β-unsaturated/α-hetero) is 1. The van der Waals surface area contributed by atoms with Crippen molar-refractivity contribution in [1.82, 2.24) is 0 Å². The summed E-state index contributed by atoms with van der Waals surface area (Å²) in [5.41, 5.74) is -0.662. The Morgan fingerprint density at radius 2 is 1.79 bits per heavy atom. The maximum atomic E-state index is 12.8. The number of rotatable bonds is 5. The number of ketones is 1. The fraction of sp³-hybridized carbons (Fsp3) is 0.421. The molecule has 5 nitrogen and oxygen atoms in total. The number of ether oxygens (including phenoxy) is 2. The minimum Gasteiger partial charge on any atom is -0.469 e. The highest BCUT2D eigenvalue weighted by molar-refractivity contribution is 6.01. The zero-order chi connectivity index (χ0) is 17.3. The first-order valence-corrected chi connectivity index (χ1v) is 7.97. The summed E-state index contributed by atoms with van der Waals surface area (Å²) in [4.78, 5) is 37.9. The van der Waals surface area contributed by atoms with Crippen LogP contribution in [0.25, 0.3) is 0 Å². The molecule has 3 rings (SSSR count). The van der Waals surface area contributed by atoms with Gasteiger partial charge in [-0.05, 0) is 18.3 Å². The lowest BCUT2D eigenvalue weighted by molar-refractivity contribution is -0.167. The summed E-state index contributed by atoms with van der Waals surface area (Å²) >= 11 is 0. The number of allylic oxidation sites excluding steroid dienone is 2. The van der Waals surface area contributed by atoms with Gasteiger partial charge < -0.3 is 9.47 Å². The predicted molar refractivity (Wildman–Crippen MR) is 86.1 cm³/mol. The second-order valence-electron chi connectivity index (χ2n) is 6.39. The van der Waals surface area contributed by atoms with Crippen molar-refractivity contribution in [2.75, 3.05) is 14.2 Å². The predicted octanol–water partition coefficient (Wildman–Crippen LogP) is 2.41. The molecule has 1 saturated carbocycles. The van der Waals surface area contributed by atoms with Gasteiger partial charge in [-0.3, -0.25) is 14.4 Å². The highest BCUT2D eigenvalue weighted by Gasteiger charge is 2.64. The number of benzene rings is 1. The quantitative estimate of drug-likeness (QED) is 0.472. The average Bonchev–Trinajstić information content (AvgIpc) is 3.21. The Hall–Kier alpha value is -2.43. The molecule has 0 heterocycles. The van der Waals surface area contributed by atoms with Crippen molar-refractivity contribution in [2.24, 2.45) is 23.2 Å². The van der Waals surface area contributed by atoms with E-state index in [1.807, 2.05) is 18.2 Å². The number of hydrogen-bond acceptors (Lipinski definition) is 5. The summed E-state index contributed by atoms with van der Waals surface area (Å²) in [5, 5.41) is 0. The Morgan fingerprint density at radius 3 is 2.42 bits per heavy atom. The molecule has 2 aliphatic rings. The molecule has 0 amide bonds. The molecule has 2 aliphatic carbocycles. The summed E-state index contributed by atoms with van der Waals surface area (Å²) in [7, 11) is 2.60. The van der Waals surface area contributed by atoms with Crippen LogP contribution in [0.2, 0.25) is 0 Å². The minimum absolute atomic E-state index is 0.0606. The summed E-state index contributed by atoms with van der Waals surface area (Å²) in [6, 6.07) is 8.80. The summed E-state index contributed by atoms with van der Waals surface area (Å²) in [6.07, 6.45) is 4.48. The number of carbonyl (C=O) groups is 3. The zero-order valence-corrected chi connectivity index (χ0v) is 13.7. The maximum absolute atomic E-state index is 12.8. The molecule has 24 heavy (non-hydrogen) atoms. The van der Waals surface area contributed by atoms with Gasteiger partial charge in [-0.1, -0.05) is 42.5 Å². The first-order valence-electron chi connectivity index (χ1n) is 7.97. The SMILES string of the molecule is COC(=O)[C@@H]1[C@H]2C=C[C@H](C2)[C@@]1(CC(=O)c1ccccc1)C(=O)OC. The summed E-state index contributed by atoms with van der Waals surface area (Å²) in [6.45, 7) is 0. The lowest BCUT2D eigenvalue weighted by Gasteiger charge is -2.37. The van der Waals surface area contributed by atoms with Gasteiger partial charge in [-0.25, -0.2) is 0 Å². The average molecular weight is 328 g/mol. The molecule has 1 fully saturated rings. The Morgan fingerprint density at radius 1 is 1.08 bits per heavy atom. The van der Waals surface area contributed by atoms with Gasteiger partial charge in [0.05, 0.1) is 25.6 Å². The normalized spacial score (nSPS) is 30.2. The van der Waals surface area contributed by atoms with Gasteiger partial charge in [0.2, 0.25) is 0 Å². The van der Waals surface area contributed by atoms with Crippen LogP contribution in [-0.2, 0) is 19.1 Å². The van der Waals surface area contributed by atoms with E-state index in [1.165, 1.54) is 14.2 Å². The van der Waals surface area contributed by atoms with E-state index in [-0.39, 0.29) is 24.0 Å². The van der Waals surface area contributed by atoms with Gasteiger partial charge in [0.25, 0.3) is 0 Å². The molecule has 1 aromatic carbocycles. The van der Waals surface area contributed by atoms with E-state index in [0.29, 0.717) is 12.0 Å². The number of carbonyl (C=O) groups excluding carboxylic acids is 3. The van der Waals surface area contributed by atoms with Crippen LogP contribution >= 0.6 is 0 Å². The highest BCUT2D eigenvalue weighted by atomic mass is 16.5. The number of esters is 2. The van der Waals surface area contributed by atoms with E-state index in [1.54, 1.807) is 24.3 Å². The highest BCUT2D eigenvalue weighted by Crippen LogP contribution is 2.59. The second-order valence-corrected chi connectivity index (χ2v) is 6.39. The molecular formula is C19H20O5. The topological polar surface area (TPSA) is 69.7 Å². The Bertz CT molecular complexity index is 693. The lowest BCUT2D eigenvalue weighted by Crippen LogP contribution is -2.48. The molecule has 0 N–H and O–H groups in total. The molecule has 1 aromatic rings. The standard InChI is InChI=1S/C19H20O5/c1-23-17(21)16-13-8-9-14(10-13)19(16,18(22)24-2)11-15(20)12-6-4-3-5-7-12/h3-9,13-14,16H,10-11H2,1-2H3/t13-,14+,16-,19+/m0/s1. The van der Waals surface area contributed by atoms with Crippen molar-refractivity contribution >= 4 is 17.7 Å². The lowest BCUT2D eigenvalue weighted by atomic mass is 9.65. The van der Waals surface area contributed by atoms with Crippen molar-refractivity contribution in [3.8, 4) is 0 Å². The zero-order valence-electron chi connectivity index (χ0n) is 13.7. The van der Waals surface area contributed by atoms with Gasteiger partial charge >= 0.3 is 11.9 Å². The molecule has 0 radical (unpaired) electrons. The van der Waals surface area contributed by atoms with Crippen LogP contribution in [0.3, 0.4) is 0 Å². The molecule has 5 heteroatoms. The van der Waals surface area contributed by atoms with Crippen LogP contribution in [-0.4, -0.2) is 31.9 Å². The van der Waals surface area contributed by atoms with E-state index < -0.39 is 23.3 Å². The van der Waals surface area contributed by atoms with Crippen molar-refractivity contribution < 1.29 is 23.9 Å². The molecule has 0 aliphatic heterocycles. The van der Waals surface area contributed by atoms with Crippen molar-refractivity contribution in [3.05, 3.63) is 48.0 Å². The van der Waals surface area contributed by atoms with Gasteiger partial charge in [0.15, 0.2) is 5.78 Å². The summed E-state index contributed by atoms with van der Waals surface area (Å²) in [5.74, 6) is -2.11. The minimum atomic E-state index is -1.19. The first-order chi connectivity index (χ1) is 11.5. The van der Waals surface area contributed by atoms with Crippen LogP contribution in [0.5, 0.6) is 0 Å². The van der Waals surface area contributed by atoms with Gasteiger partial charge in [0, 0.05) is 12.0 Å². The third kappa shape index (κ3) is 2.35. The van der Waals surface area contributed by atoms with Gasteiger partial charge in [-0.2, -0.15) is 0 Å². The van der Waals surface area contributed by atoms with Crippen molar-refractivity contribution in [2.45, 2.75) is 12.8 Å². The van der Waals surface area contributed by atoms with E-state index in [0.717, 1.165) is 0 Å². The Kier molecular flexibility index (Phi) is 4.26. The molecule has 0 spiro atoms. The van der Waals surface area contributed by atoms with E-state index >= 15 is 0 Å². The molecule has 4 atom stereocenters. The van der Waals surface area contributed by atoms with Crippen LogP contribution in [0.4, 0.5) is 0 Å². The van der Waals surface area contributed by atoms with E-state index in [9.17, 15) is 14.4 Å². The Balaban J connectivity index is 2.02. The third-order valence-corrected chi connectivity index (χ3v) is 5.33. The van der Waals surface area contributed by atoms with Crippen LogP contribution < -0.4 is 0 Å². The maximum Gasteiger partial charge on any atom is 0.313 e. The van der Waals surface area contributed by atoms with E-state index in [4.69, 9.17) is 9.47 Å². The number of fused-ring (bicyclic) bond motifs is 2. The molecule has 0 saturated heterocycles. The van der Waals surface area contributed by atoms with Crippen molar-refractivity contribution in [3.63, 3.8) is 0 Å². The fourth-order valence-corrected chi connectivity index (χ4v) is 4.25. The second kappa shape index (κ2) is 6.23. The number of hydrogen-bond donors (Lipinski definition) is 0.